The third-order valence-electron chi connectivity index (χ3n) is 6.31. The van der Waals surface area contributed by atoms with Crippen LogP contribution in [0.25, 0.3) is 0 Å². The van der Waals surface area contributed by atoms with Gasteiger partial charge >= 0.3 is 11.9 Å². The fourth-order valence-electron chi connectivity index (χ4n) is 3.85. The zero-order valence-corrected chi connectivity index (χ0v) is 21.3. The number of thiophene rings is 1. The van der Waals surface area contributed by atoms with Crippen LogP contribution in [0.2, 0.25) is 0 Å². The van der Waals surface area contributed by atoms with E-state index in [1.807, 2.05) is 13.8 Å². The number of halogens is 1. The topological polar surface area (TPSA) is 143 Å². The van der Waals surface area contributed by atoms with Gasteiger partial charge in [-0.05, 0) is 67.3 Å². The van der Waals surface area contributed by atoms with E-state index in [0.29, 0.717) is 19.3 Å². The number of benzene rings is 2. The zero-order chi connectivity index (χ0) is 27.2. The summed E-state index contributed by atoms with van der Waals surface area (Å²) in [6.45, 7) is 4.12. The van der Waals surface area contributed by atoms with Gasteiger partial charge in [0.25, 0.3) is 0 Å². The Hall–Kier alpha value is -4.05. The van der Waals surface area contributed by atoms with Crippen LogP contribution in [0.1, 0.15) is 62.7 Å². The molecule has 0 aliphatic carbocycles. The molecule has 1 aromatic heterocycles. The molecule has 0 atom stereocenters. The first-order valence-corrected chi connectivity index (χ1v) is 12.5. The Balaban J connectivity index is 1.67. The lowest BCUT2D eigenvalue weighted by atomic mass is 9.77. The predicted octanol–water partition coefficient (Wildman–Crippen LogP) is 4.75. The molecule has 0 saturated heterocycles. The second-order valence-electron chi connectivity index (χ2n) is 8.56. The number of nitrogen functional groups attached to an aromatic ring is 1. The van der Waals surface area contributed by atoms with Crippen LogP contribution in [0.5, 0.6) is 5.75 Å². The number of rotatable bonds is 11. The summed E-state index contributed by atoms with van der Waals surface area (Å²) in [5, 5.41) is 19.3. The molecule has 8 nitrogen and oxygen atoms in total. The number of aromatic carboxylic acids is 1. The number of hydrogen-bond donors (Lipinski definition) is 4. The van der Waals surface area contributed by atoms with Gasteiger partial charge in [-0.15, -0.1) is 11.3 Å². The maximum absolute atomic E-state index is 14.2. The van der Waals surface area contributed by atoms with Crippen LogP contribution in [0, 0.1) is 16.6 Å². The van der Waals surface area contributed by atoms with Crippen LogP contribution in [-0.2, 0) is 17.8 Å². The van der Waals surface area contributed by atoms with Gasteiger partial charge in [-0.3, -0.25) is 10.2 Å². The second-order valence-corrected chi connectivity index (χ2v) is 9.73. The van der Waals surface area contributed by atoms with Gasteiger partial charge in [0, 0.05) is 17.0 Å². The van der Waals surface area contributed by atoms with Crippen LogP contribution in [0.4, 0.5) is 4.39 Å². The highest BCUT2D eigenvalue weighted by Crippen LogP contribution is 2.34. The molecule has 0 saturated carbocycles. The van der Waals surface area contributed by atoms with Crippen molar-refractivity contribution in [3.63, 3.8) is 0 Å². The number of amidine groups is 1. The Kier molecular flexibility index (Phi) is 8.77. The number of hydrogen-bond acceptors (Lipinski definition) is 6. The van der Waals surface area contributed by atoms with E-state index in [9.17, 15) is 18.8 Å². The van der Waals surface area contributed by atoms with E-state index < -0.39 is 23.2 Å². The van der Waals surface area contributed by atoms with Crippen molar-refractivity contribution in [2.24, 2.45) is 11.1 Å². The molecule has 0 unspecified atom stereocenters. The highest BCUT2D eigenvalue weighted by Gasteiger charge is 2.35. The highest BCUT2D eigenvalue weighted by molar-refractivity contribution is 7.14. The quantitative estimate of drug-likeness (QED) is 0.123. The first-order chi connectivity index (χ1) is 17.6. The molecule has 0 spiro atoms. The molecule has 0 radical (unpaired) electrons. The first-order valence-electron chi connectivity index (χ1n) is 11.6. The zero-order valence-electron chi connectivity index (χ0n) is 20.5. The molecule has 0 aliphatic rings. The van der Waals surface area contributed by atoms with Crippen LogP contribution in [0.15, 0.2) is 54.6 Å². The number of esters is 1. The molecule has 194 valence electrons. The van der Waals surface area contributed by atoms with E-state index in [1.165, 1.54) is 35.6 Å². The van der Waals surface area contributed by atoms with Crippen molar-refractivity contribution in [3.8, 4) is 5.75 Å². The van der Waals surface area contributed by atoms with E-state index in [-0.39, 0.29) is 40.0 Å². The third-order valence-corrected chi connectivity index (χ3v) is 7.38. The van der Waals surface area contributed by atoms with E-state index >= 15 is 0 Å². The summed E-state index contributed by atoms with van der Waals surface area (Å²) in [6.07, 6.45) is 1.54. The molecular weight excluding hydrogens is 497 g/mol. The van der Waals surface area contributed by atoms with E-state index in [2.05, 4.69) is 5.32 Å². The molecule has 1 amide bonds. The third kappa shape index (κ3) is 6.59. The summed E-state index contributed by atoms with van der Waals surface area (Å²) in [4.78, 5) is 37.9. The van der Waals surface area contributed by atoms with Crippen molar-refractivity contribution in [1.29, 1.82) is 5.41 Å². The van der Waals surface area contributed by atoms with Crippen molar-refractivity contribution in [2.75, 3.05) is 0 Å². The first kappa shape index (κ1) is 27.5. The number of nitrogens with one attached hydrogen (secondary N) is 2. The Labute approximate surface area is 217 Å². The number of ether oxygens (including phenoxy) is 1. The SMILES string of the molecule is CCC(CC)(Cc1ccc(C(=O)Oc2ccc(C(=N)N)cc2F)s1)C(=O)NCc1ccc(C(=O)O)cc1. The van der Waals surface area contributed by atoms with Crippen LogP contribution in [0.3, 0.4) is 0 Å². The lowest BCUT2D eigenvalue weighted by Crippen LogP contribution is -2.41. The van der Waals surface area contributed by atoms with Gasteiger partial charge in [-0.1, -0.05) is 26.0 Å². The summed E-state index contributed by atoms with van der Waals surface area (Å²) in [5.41, 5.74) is 5.78. The summed E-state index contributed by atoms with van der Waals surface area (Å²) in [6, 6.07) is 13.3. The Morgan fingerprint density at radius 1 is 1.05 bits per heavy atom. The summed E-state index contributed by atoms with van der Waals surface area (Å²) < 4.78 is 19.4. The normalized spacial score (nSPS) is 11.1. The highest BCUT2D eigenvalue weighted by atomic mass is 32.1. The number of amides is 1. The van der Waals surface area contributed by atoms with E-state index in [1.54, 1.807) is 24.3 Å². The van der Waals surface area contributed by atoms with Gasteiger partial charge in [0.2, 0.25) is 5.91 Å². The van der Waals surface area contributed by atoms with Crippen molar-refractivity contribution in [3.05, 3.63) is 86.9 Å². The smallest absolute Gasteiger partial charge is 0.353 e. The molecule has 3 aromatic rings. The Bertz CT molecular complexity index is 1320. The number of carboxylic acids is 1. The van der Waals surface area contributed by atoms with Crippen LogP contribution in [-0.4, -0.2) is 28.8 Å². The molecule has 2 aromatic carbocycles. The Morgan fingerprint density at radius 2 is 1.70 bits per heavy atom. The number of nitrogens with two attached hydrogens (primary N) is 1. The van der Waals surface area contributed by atoms with Crippen molar-refractivity contribution in [2.45, 2.75) is 39.7 Å². The molecule has 3 rings (SSSR count). The molecule has 1 heterocycles. The van der Waals surface area contributed by atoms with Gasteiger partial charge in [-0.2, -0.15) is 0 Å². The van der Waals surface area contributed by atoms with Gasteiger partial charge in [-0.25, -0.2) is 14.0 Å². The molecular formula is C27H28FN3O5S. The fraction of sp³-hybridized carbons (Fsp3) is 0.259. The number of carbonyl (C=O) groups excluding carboxylic acids is 2. The summed E-state index contributed by atoms with van der Waals surface area (Å²) >= 11 is 1.18. The lowest BCUT2D eigenvalue weighted by Gasteiger charge is -2.30. The molecule has 0 aliphatic heterocycles. The number of carbonyl (C=O) groups is 3. The van der Waals surface area contributed by atoms with Gasteiger partial charge in [0.1, 0.15) is 10.7 Å². The Morgan fingerprint density at radius 3 is 2.27 bits per heavy atom. The molecule has 37 heavy (non-hydrogen) atoms. The van der Waals surface area contributed by atoms with Gasteiger partial charge in [0.05, 0.1) is 11.0 Å². The maximum atomic E-state index is 14.2. The van der Waals surface area contributed by atoms with Crippen molar-refractivity contribution < 1.29 is 28.6 Å². The van der Waals surface area contributed by atoms with Crippen LogP contribution >= 0.6 is 11.3 Å². The second kappa shape index (κ2) is 11.8. The van der Waals surface area contributed by atoms with E-state index in [0.717, 1.165) is 16.5 Å². The largest absolute Gasteiger partial charge is 0.478 e. The standard InChI is InChI=1S/C27H28FN3O5S/c1-3-27(4-2,26(35)31-15-16-5-7-17(8-6-16)24(32)33)14-19-10-12-22(37-19)25(34)36-21-11-9-18(23(29)30)13-20(21)28/h5-13H,3-4,14-15H2,1-2H3,(H3,29,30)(H,31,35)(H,32,33). The fourth-order valence-corrected chi connectivity index (χ4v) is 4.88. The maximum Gasteiger partial charge on any atom is 0.353 e. The minimum Gasteiger partial charge on any atom is -0.478 e. The average Bonchev–Trinajstić information content (AvgIpc) is 3.35. The average molecular weight is 526 g/mol. The van der Waals surface area contributed by atoms with Crippen molar-refractivity contribution >= 4 is 35.0 Å². The van der Waals surface area contributed by atoms with Crippen molar-refractivity contribution in [1.82, 2.24) is 5.32 Å². The molecule has 10 heteroatoms. The van der Waals surface area contributed by atoms with Gasteiger partial charge < -0.3 is 20.9 Å². The minimum absolute atomic E-state index is 0.134. The molecule has 5 N–H and O–H groups in total. The van der Waals surface area contributed by atoms with Crippen LogP contribution < -0.4 is 15.8 Å². The van der Waals surface area contributed by atoms with E-state index in [4.69, 9.17) is 21.0 Å². The number of carboxylic acid groups (broad SMARTS) is 1. The van der Waals surface area contributed by atoms with Gasteiger partial charge in [0.15, 0.2) is 11.6 Å². The molecule has 0 fully saturated rings. The summed E-state index contributed by atoms with van der Waals surface area (Å²) in [5.74, 6) is -3.24. The summed E-state index contributed by atoms with van der Waals surface area (Å²) in [7, 11) is 0. The predicted molar refractivity (Wildman–Crippen MR) is 139 cm³/mol. The lowest BCUT2D eigenvalue weighted by molar-refractivity contribution is -0.131. The monoisotopic (exact) mass is 525 g/mol. The minimum atomic E-state index is -1.01. The molecule has 0 bridgehead atoms.